The van der Waals surface area contributed by atoms with Crippen LogP contribution in [0.1, 0.15) is 27.7 Å². The lowest BCUT2D eigenvalue weighted by atomic mass is 10.0. The fraction of sp³-hybridized carbons (Fsp3) is 0.148. The molecule has 0 saturated carbocycles. The van der Waals surface area contributed by atoms with E-state index in [-0.39, 0.29) is 6.61 Å². The van der Waals surface area contributed by atoms with Crippen molar-refractivity contribution in [1.29, 1.82) is 0 Å². The van der Waals surface area contributed by atoms with E-state index < -0.39 is 18.0 Å². The molecule has 0 unspecified atom stereocenters. The second-order valence-corrected chi connectivity index (χ2v) is 9.13. The molecule has 0 aliphatic rings. The molecule has 35 heavy (non-hydrogen) atoms. The van der Waals surface area contributed by atoms with Crippen molar-refractivity contribution < 1.29 is 14.3 Å². The van der Waals surface area contributed by atoms with E-state index in [0.717, 1.165) is 26.6 Å². The fourth-order valence-corrected chi connectivity index (χ4v) is 4.29. The number of anilines is 1. The topological polar surface area (TPSA) is 106 Å². The summed E-state index contributed by atoms with van der Waals surface area (Å²) in [5.41, 5.74) is 9.67. The maximum atomic E-state index is 13.3. The highest BCUT2D eigenvalue weighted by Crippen LogP contribution is 2.27. The Balaban J connectivity index is 1.53. The van der Waals surface area contributed by atoms with Crippen LogP contribution in [-0.4, -0.2) is 17.0 Å². The minimum atomic E-state index is -0.961. The Morgan fingerprint density at radius 1 is 1.00 bits per heavy atom. The smallest absolute Gasteiger partial charge is 0.408 e. The highest BCUT2D eigenvalue weighted by atomic mass is 32.1. The van der Waals surface area contributed by atoms with Crippen molar-refractivity contribution in [3.8, 4) is 10.4 Å². The van der Waals surface area contributed by atoms with Crippen molar-refractivity contribution in [3.05, 3.63) is 107 Å². The van der Waals surface area contributed by atoms with E-state index in [9.17, 15) is 9.59 Å². The van der Waals surface area contributed by atoms with Gasteiger partial charge in [-0.05, 0) is 41.3 Å². The summed E-state index contributed by atoms with van der Waals surface area (Å²) < 4.78 is 5.36. The molecule has 0 saturated heterocycles. The first-order valence-corrected chi connectivity index (χ1v) is 11.9. The summed E-state index contributed by atoms with van der Waals surface area (Å²) in [5.74, 6) is -0.391. The van der Waals surface area contributed by atoms with Gasteiger partial charge in [0.25, 0.3) is 5.91 Å². The molecule has 0 aliphatic carbocycles. The molecule has 7 nitrogen and oxygen atoms in total. The molecule has 0 fully saturated rings. The van der Waals surface area contributed by atoms with Gasteiger partial charge in [0.1, 0.15) is 12.6 Å². The van der Waals surface area contributed by atoms with Crippen molar-refractivity contribution in [1.82, 2.24) is 10.3 Å². The number of benzene rings is 3. The molecule has 1 atom stereocenters. The molecule has 1 aromatic heterocycles. The molecular weight excluding hydrogens is 460 g/mol. The number of carbonyl (C=O) groups excluding carboxylic acids is 2. The van der Waals surface area contributed by atoms with Crippen molar-refractivity contribution in [2.24, 2.45) is 5.73 Å². The molecule has 4 rings (SSSR count). The van der Waals surface area contributed by atoms with Crippen LogP contribution in [0.25, 0.3) is 10.4 Å². The number of amides is 2. The van der Waals surface area contributed by atoms with Crippen LogP contribution in [0.5, 0.6) is 0 Å². The largest absolute Gasteiger partial charge is 0.445 e. The quantitative estimate of drug-likeness (QED) is 0.318. The van der Waals surface area contributed by atoms with Gasteiger partial charge in [0, 0.05) is 18.4 Å². The highest BCUT2D eigenvalue weighted by molar-refractivity contribution is 7.15. The van der Waals surface area contributed by atoms with Crippen LogP contribution in [-0.2, 0) is 22.7 Å². The number of alkyl carbamates (subject to hydrolysis) is 1. The number of aryl methyl sites for hydroxylation is 1. The molecule has 4 N–H and O–H groups in total. The SMILES string of the molecule is Cc1ncc(-c2ccc([C@@H](NC(=O)OCc3ccccc3)C(=O)Nc3cccc(CN)c3)cc2)s1. The number of carbonyl (C=O) groups is 2. The van der Waals surface area contributed by atoms with Gasteiger partial charge in [-0.3, -0.25) is 4.79 Å². The van der Waals surface area contributed by atoms with Gasteiger partial charge >= 0.3 is 6.09 Å². The molecule has 1 heterocycles. The summed E-state index contributed by atoms with van der Waals surface area (Å²) in [6, 6.07) is 23.1. The third kappa shape index (κ3) is 6.53. The standard InChI is InChI=1S/C27H26N4O3S/c1-18-29-16-24(35-18)21-10-12-22(13-11-21)25(26(32)30-23-9-5-8-20(14-23)15-28)31-27(33)34-17-19-6-3-2-4-7-19/h2-14,16,25H,15,17,28H2,1H3,(H,30,32)(H,31,33)/t25-/m1/s1. The molecule has 0 aliphatic heterocycles. The molecule has 0 radical (unpaired) electrons. The van der Waals surface area contributed by atoms with E-state index in [1.807, 2.05) is 79.9 Å². The first-order chi connectivity index (χ1) is 17.0. The first kappa shape index (κ1) is 24.1. The van der Waals surface area contributed by atoms with Crippen LogP contribution >= 0.6 is 11.3 Å². The average Bonchev–Trinajstić information content (AvgIpc) is 3.33. The maximum absolute atomic E-state index is 13.3. The minimum Gasteiger partial charge on any atom is -0.445 e. The zero-order chi connectivity index (χ0) is 24.6. The van der Waals surface area contributed by atoms with Crippen molar-refractivity contribution in [2.75, 3.05) is 5.32 Å². The van der Waals surface area contributed by atoms with E-state index in [2.05, 4.69) is 15.6 Å². The maximum Gasteiger partial charge on any atom is 0.408 e. The summed E-state index contributed by atoms with van der Waals surface area (Å²) in [4.78, 5) is 31.2. The Morgan fingerprint density at radius 2 is 1.74 bits per heavy atom. The average molecular weight is 487 g/mol. The van der Waals surface area contributed by atoms with Gasteiger partial charge in [0.2, 0.25) is 0 Å². The van der Waals surface area contributed by atoms with Gasteiger partial charge in [0.15, 0.2) is 0 Å². The van der Waals surface area contributed by atoms with E-state index in [1.54, 1.807) is 23.5 Å². The van der Waals surface area contributed by atoms with Gasteiger partial charge in [-0.2, -0.15) is 0 Å². The van der Waals surface area contributed by atoms with Gasteiger partial charge in [-0.15, -0.1) is 11.3 Å². The van der Waals surface area contributed by atoms with Gasteiger partial charge in [-0.25, -0.2) is 9.78 Å². The molecular formula is C27H26N4O3S. The number of nitrogens with one attached hydrogen (secondary N) is 2. The number of nitrogens with two attached hydrogens (primary N) is 1. The van der Waals surface area contributed by atoms with Gasteiger partial charge in [-0.1, -0.05) is 66.7 Å². The predicted octanol–water partition coefficient (Wildman–Crippen LogP) is 5.18. The third-order valence-electron chi connectivity index (χ3n) is 5.32. The summed E-state index contributed by atoms with van der Waals surface area (Å²) in [6.07, 6.45) is 1.13. The van der Waals surface area contributed by atoms with Gasteiger partial charge < -0.3 is 21.1 Å². The lowest BCUT2D eigenvalue weighted by Gasteiger charge is -2.19. The van der Waals surface area contributed by atoms with Crippen LogP contribution in [0.4, 0.5) is 10.5 Å². The van der Waals surface area contributed by atoms with E-state index in [4.69, 9.17) is 10.5 Å². The molecule has 2 amide bonds. The number of nitrogens with zero attached hydrogens (tertiary/aromatic N) is 1. The first-order valence-electron chi connectivity index (χ1n) is 11.1. The molecule has 0 spiro atoms. The summed E-state index contributed by atoms with van der Waals surface area (Å²) in [6.45, 7) is 2.41. The van der Waals surface area contributed by atoms with Crippen LogP contribution in [0.3, 0.4) is 0 Å². The van der Waals surface area contributed by atoms with Crippen molar-refractivity contribution in [2.45, 2.75) is 26.1 Å². The van der Waals surface area contributed by atoms with Crippen molar-refractivity contribution >= 4 is 29.0 Å². The predicted molar refractivity (Wildman–Crippen MR) is 138 cm³/mol. The Bertz CT molecular complexity index is 1290. The number of ether oxygens (including phenoxy) is 1. The second-order valence-electron chi connectivity index (χ2n) is 7.90. The van der Waals surface area contributed by atoms with Gasteiger partial charge in [0.05, 0.1) is 9.88 Å². The van der Waals surface area contributed by atoms with E-state index in [0.29, 0.717) is 17.8 Å². The summed E-state index contributed by atoms with van der Waals surface area (Å²) >= 11 is 1.59. The lowest BCUT2D eigenvalue weighted by molar-refractivity contribution is -0.118. The van der Waals surface area contributed by atoms with Crippen LogP contribution in [0.15, 0.2) is 85.1 Å². The second kappa shape index (κ2) is 11.4. The zero-order valence-electron chi connectivity index (χ0n) is 19.2. The Hall–Kier alpha value is -4.01. The number of rotatable bonds is 8. The van der Waals surface area contributed by atoms with Crippen LogP contribution < -0.4 is 16.4 Å². The minimum absolute atomic E-state index is 0.100. The molecule has 8 heteroatoms. The molecule has 178 valence electrons. The monoisotopic (exact) mass is 486 g/mol. The summed E-state index contributed by atoms with van der Waals surface area (Å²) in [5, 5.41) is 6.55. The normalized spacial score (nSPS) is 11.5. The Kier molecular flexibility index (Phi) is 7.87. The fourth-order valence-electron chi connectivity index (χ4n) is 3.51. The number of hydrogen-bond acceptors (Lipinski definition) is 6. The number of thiazole rings is 1. The van der Waals surface area contributed by atoms with E-state index >= 15 is 0 Å². The third-order valence-corrected chi connectivity index (χ3v) is 6.28. The molecule has 4 aromatic rings. The Morgan fingerprint density at radius 3 is 2.43 bits per heavy atom. The Labute approximate surface area is 208 Å². The molecule has 0 bridgehead atoms. The van der Waals surface area contributed by atoms with Crippen molar-refractivity contribution in [3.63, 3.8) is 0 Å². The molecule has 3 aromatic carbocycles. The zero-order valence-corrected chi connectivity index (χ0v) is 20.0. The van der Waals surface area contributed by atoms with Crippen LogP contribution in [0, 0.1) is 6.92 Å². The highest BCUT2D eigenvalue weighted by Gasteiger charge is 2.24. The lowest BCUT2D eigenvalue weighted by Crippen LogP contribution is -2.37. The summed E-state index contributed by atoms with van der Waals surface area (Å²) in [7, 11) is 0. The van der Waals surface area contributed by atoms with Crippen LogP contribution in [0.2, 0.25) is 0 Å². The van der Waals surface area contributed by atoms with E-state index in [1.165, 1.54) is 0 Å². The number of hydrogen-bond donors (Lipinski definition) is 3. The number of aromatic nitrogens is 1.